The molecule has 1 atom stereocenters. The molecule has 1 aromatic rings. The summed E-state index contributed by atoms with van der Waals surface area (Å²) in [5.74, 6) is 0.781. The van der Waals surface area contributed by atoms with Crippen LogP contribution in [0.25, 0.3) is 0 Å². The molecule has 0 radical (unpaired) electrons. The molecule has 1 N–H and O–H groups in total. The van der Waals surface area contributed by atoms with Gasteiger partial charge in [0.25, 0.3) is 0 Å². The van der Waals surface area contributed by atoms with E-state index < -0.39 is 0 Å². The molecule has 0 saturated carbocycles. The maximum Gasteiger partial charge on any atom is 0.0756 e. The Labute approximate surface area is 105 Å². The second kappa shape index (κ2) is 8.18. The van der Waals surface area contributed by atoms with Crippen LogP contribution in [0, 0.1) is 5.92 Å². The van der Waals surface area contributed by atoms with E-state index >= 15 is 0 Å². The van der Waals surface area contributed by atoms with E-state index in [1.54, 1.807) is 12.4 Å². The van der Waals surface area contributed by atoms with E-state index in [0.29, 0.717) is 6.04 Å². The molecule has 0 aliphatic carbocycles. The Kier molecular flexibility index (Phi) is 6.78. The lowest BCUT2D eigenvalue weighted by molar-refractivity contribution is 0.440. The fourth-order valence-electron chi connectivity index (χ4n) is 1.89. The van der Waals surface area contributed by atoms with E-state index in [2.05, 4.69) is 36.1 Å². The Morgan fingerprint density at radius 1 is 1.24 bits per heavy atom. The molecule has 96 valence electrons. The molecule has 0 fully saturated rings. The van der Waals surface area contributed by atoms with E-state index in [1.807, 2.05) is 6.20 Å². The fraction of sp³-hybridized carbons (Fsp3) is 0.714. The van der Waals surface area contributed by atoms with E-state index in [1.165, 1.54) is 12.8 Å². The highest BCUT2D eigenvalue weighted by molar-refractivity contribution is 5.02. The summed E-state index contributed by atoms with van der Waals surface area (Å²) in [6.07, 6.45) is 10.2. The van der Waals surface area contributed by atoms with Crippen LogP contribution >= 0.6 is 0 Å². The van der Waals surface area contributed by atoms with Crippen LogP contribution in [0.4, 0.5) is 0 Å². The number of nitrogens with one attached hydrogen (secondary N) is 1. The lowest BCUT2D eigenvalue weighted by Crippen LogP contribution is -2.23. The number of hydrogen-bond donors (Lipinski definition) is 1. The first-order valence-corrected chi connectivity index (χ1v) is 6.73. The second-order valence-corrected chi connectivity index (χ2v) is 4.96. The van der Waals surface area contributed by atoms with Crippen LogP contribution in [-0.2, 0) is 0 Å². The largest absolute Gasteiger partial charge is 0.309 e. The highest BCUT2D eigenvalue weighted by atomic mass is 14.9. The molecule has 1 aromatic heterocycles. The van der Waals surface area contributed by atoms with Gasteiger partial charge in [0, 0.05) is 18.6 Å². The summed E-state index contributed by atoms with van der Waals surface area (Å²) >= 11 is 0. The first kappa shape index (κ1) is 14.1. The van der Waals surface area contributed by atoms with E-state index in [4.69, 9.17) is 0 Å². The Morgan fingerprint density at radius 3 is 2.65 bits per heavy atom. The third-order valence-corrected chi connectivity index (χ3v) is 2.86. The smallest absolute Gasteiger partial charge is 0.0756 e. The Morgan fingerprint density at radius 2 is 2.06 bits per heavy atom. The molecular weight excluding hydrogens is 210 g/mol. The van der Waals surface area contributed by atoms with Gasteiger partial charge in [0.05, 0.1) is 11.7 Å². The molecule has 0 aliphatic rings. The van der Waals surface area contributed by atoms with Crippen LogP contribution in [0.15, 0.2) is 18.6 Å². The lowest BCUT2D eigenvalue weighted by Gasteiger charge is -2.18. The van der Waals surface area contributed by atoms with E-state index in [9.17, 15) is 0 Å². The average molecular weight is 235 g/mol. The minimum absolute atomic E-state index is 0.363. The topological polar surface area (TPSA) is 37.8 Å². The lowest BCUT2D eigenvalue weighted by atomic mass is 10.0. The van der Waals surface area contributed by atoms with Crippen LogP contribution in [0.2, 0.25) is 0 Å². The first-order chi connectivity index (χ1) is 8.24. The Bertz CT molecular complexity index is 285. The van der Waals surface area contributed by atoms with Crippen molar-refractivity contribution in [2.75, 3.05) is 6.54 Å². The number of hydrogen-bond acceptors (Lipinski definition) is 3. The third-order valence-electron chi connectivity index (χ3n) is 2.86. The Balaban J connectivity index is 2.48. The zero-order valence-corrected chi connectivity index (χ0v) is 11.3. The van der Waals surface area contributed by atoms with Gasteiger partial charge in [-0.05, 0) is 25.3 Å². The molecule has 0 bridgehead atoms. The van der Waals surface area contributed by atoms with Gasteiger partial charge in [-0.15, -0.1) is 0 Å². The van der Waals surface area contributed by atoms with Crippen molar-refractivity contribution in [3.63, 3.8) is 0 Å². The van der Waals surface area contributed by atoms with Gasteiger partial charge in [-0.3, -0.25) is 9.97 Å². The van der Waals surface area contributed by atoms with E-state index in [0.717, 1.165) is 31.0 Å². The molecule has 17 heavy (non-hydrogen) atoms. The minimum atomic E-state index is 0.363. The van der Waals surface area contributed by atoms with Gasteiger partial charge in [-0.1, -0.05) is 33.6 Å². The molecule has 0 amide bonds. The van der Waals surface area contributed by atoms with Crippen LogP contribution in [0.3, 0.4) is 0 Å². The maximum absolute atomic E-state index is 4.40. The molecule has 1 unspecified atom stereocenters. The molecule has 0 aliphatic heterocycles. The molecule has 0 aromatic carbocycles. The molecular formula is C14H25N3. The molecule has 3 nitrogen and oxygen atoms in total. The highest BCUT2D eigenvalue weighted by Gasteiger charge is 2.11. The molecule has 0 saturated heterocycles. The van der Waals surface area contributed by atoms with Crippen LogP contribution in [-0.4, -0.2) is 16.5 Å². The SMILES string of the molecule is CCCNC(CCCC(C)C)c1cnccn1. The van der Waals surface area contributed by atoms with Gasteiger partial charge in [-0.25, -0.2) is 0 Å². The van der Waals surface area contributed by atoms with Gasteiger partial charge in [0.2, 0.25) is 0 Å². The summed E-state index contributed by atoms with van der Waals surface area (Å²) in [4.78, 5) is 8.56. The predicted octanol–water partition coefficient (Wildman–Crippen LogP) is 3.34. The third kappa shape index (κ3) is 5.78. The standard InChI is InChI=1S/C14H25N3/c1-4-8-16-13(7-5-6-12(2)3)14-11-15-9-10-17-14/h9-13,16H,4-8H2,1-3H3. The predicted molar refractivity (Wildman–Crippen MR) is 71.8 cm³/mol. The summed E-state index contributed by atoms with van der Waals surface area (Å²) in [6.45, 7) is 7.78. The van der Waals surface area contributed by atoms with E-state index in [-0.39, 0.29) is 0 Å². The summed E-state index contributed by atoms with van der Waals surface area (Å²) in [5.41, 5.74) is 1.07. The van der Waals surface area contributed by atoms with Gasteiger partial charge in [0.15, 0.2) is 0 Å². The maximum atomic E-state index is 4.40. The normalized spacial score (nSPS) is 12.9. The molecule has 1 rings (SSSR count). The first-order valence-electron chi connectivity index (χ1n) is 6.73. The monoisotopic (exact) mass is 235 g/mol. The second-order valence-electron chi connectivity index (χ2n) is 4.96. The van der Waals surface area contributed by atoms with Crippen LogP contribution in [0.1, 0.15) is 58.2 Å². The average Bonchev–Trinajstić information content (AvgIpc) is 2.34. The van der Waals surface area contributed by atoms with Crippen molar-refractivity contribution in [3.05, 3.63) is 24.3 Å². The number of aromatic nitrogens is 2. The van der Waals surface area contributed by atoms with Crippen molar-refractivity contribution < 1.29 is 0 Å². The van der Waals surface area contributed by atoms with Crippen molar-refractivity contribution in [1.82, 2.24) is 15.3 Å². The van der Waals surface area contributed by atoms with Crippen LogP contribution < -0.4 is 5.32 Å². The zero-order valence-electron chi connectivity index (χ0n) is 11.3. The zero-order chi connectivity index (χ0) is 12.5. The quantitative estimate of drug-likeness (QED) is 0.751. The van der Waals surface area contributed by atoms with Crippen molar-refractivity contribution >= 4 is 0 Å². The Hall–Kier alpha value is -0.960. The van der Waals surface area contributed by atoms with Crippen molar-refractivity contribution in [3.8, 4) is 0 Å². The van der Waals surface area contributed by atoms with Crippen molar-refractivity contribution in [2.24, 2.45) is 5.92 Å². The molecule has 0 spiro atoms. The van der Waals surface area contributed by atoms with Crippen molar-refractivity contribution in [2.45, 2.75) is 52.5 Å². The molecule has 1 heterocycles. The summed E-state index contributed by atoms with van der Waals surface area (Å²) < 4.78 is 0. The van der Waals surface area contributed by atoms with Gasteiger partial charge >= 0.3 is 0 Å². The summed E-state index contributed by atoms with van der Waals surface area (Å²) in [7, 11) is 0. The summed E-state index contributed by atoms with van der Waals surface area (Å²) in [6, 6.07) is 0.363. The summed E-state index contributed by atoms with van der Waals surface area (Å²) in [5, 5.41) is 3.56. The molecule has 3 heteroatoms. The van der Waals surface area contributed by atoms with Gasteiger partial charge in [-0.2, -0.15) is 0 Å². The number of rotatable bonds is 8. The fourth-order valence-corrected chi connectivity index (χ4v) is 1.89. The minimum Gasteiger partial charge on any atom is -0.309 e. The number of nitrogens with zero attached hydrogens (tertiary/aromatic N) is 2. The van der Waals surface area contributed by atoms with Crippen LogP contribution in [0.5, 0.6) is 0 Å². The highest BCUT2D eigenvalue weighted by Crippen LogP contribution is 2.18. The van der Waals surface area contributed by atoms with Gasteiger partial charge in [0.1, 0.15) is 0 Å². The van der Waals surface area contributed by atoms with Gasteiger partial charge < -0.3 is 5.32 Å². The van der Waals surface area contributed by atoms with Crippen molar-refractivity contribution in [1.29, 1.82) is 0 Å².